The van der Waals surface area contributed by atoms with Gasteiger partial charge in [-0.25, -0.2) is 4.79 Å². The maximum Gasteiger partial charge on any atom is 0.323 e. The molecule has 2 rings (SSSR count). The van der Waals surface area contributed by atoms with Crippen LogP contribution in [0.2, 0.25) is 10.0 Å². The number of anilines is 3. The quantitative estimate of drug-likeness (QED) is 0.507. The van der Waals surface area contributed by atoms with Crippen molar-refractivity contribution in [2.24, 2.45) is 0 Å². The molecule has 0 aliphatic carbocycles. The minimum absolute atomic E-state index is 0.431. The van der Waals surface area contributed by atoms with E-state index < -0.39 is 6.03 Å². The van der Waals surface area contributed by atoms with E-state index in [-0.39, 0.29) is 0 Å². The fourth-order valence-corrected chi connectivity index (χ4v) is 3.56. The predicted molar refractivity (Wildman–Crippen MR) is 95.4 cm³/mol. The lowest BCUT2D eigenvalue weighted by Gasteiger charge is -2.12. The molecule has 4 N–H and O–H groups in total. The lowest BCUT2D eigenvalue weighted by Crippen LogP contribution is -2.20. The van der Waals surface area contributed by atoms with Gasteiger partial charge >= 0.3 is 6.03 Å². The van der Waals surface area contributed by atoms with E-state index in [9.17, 15) is 4.79 Å². The Morgan fingerprint density at radius 2 is 1.48 bits per heavy atom. The number of carbonyl (C=O) groups excluding carboxylic acids is 1. The van der Waals surface area contributed by atoms with E-state index in [2.05, 4.69) is 42.5 Å². The number of nitrogen functional groups attached to an aromatic ring is 1. The van der Waals surface area contributed by atoms with Crippen molar-refractivity contribution in [1.29, 1.82) is 0 Å². The Hall–Kier alpha value is -0.950. The molecule has 0 aromatic heterocycles. The highest BCUT2D eigenvalue weighted by molar-refractivity contribution is 9.11. The highest BCUT2D eigenvalue weighted by Crippen LogP contribution is 2.33. The van der Waals surface area contributed by atoms with E-state index >= 15 is 0 Å². The van der Waals surface area contributed by atoms with Crippen LogP contribution in [0.15, 0.2) is 39.3 Å². The largest absolute Gasteiger partial charge is 0.399 e. The number of hydrogen-bond acceptors (Lipinski definition) is 2. The number of nitrogens with two attached hydrogens (primary N) is 1. The smallest absolute Gasteiger partial charge is 0.323 e. The second kappa shape index (κ2) is 6.87. The molecule has 2 aromatic rings. The zero-order valence-electron chi connectivity index (χ0n) is 10.4. The van der Waals surface area contributed by atoms with Crippen LogP contribution in [0.3, 0.4) is 0 Å². The number of hydrogen-bond donors (Lipinski definition) is 3. The van der Waals surface area contributed by atoms with Gasteiger partial charge in [-0.1, -0.05) is 23.2 Å². The number of urea groups is 1. The van der Waals surface area contributed by atoms with Crippen LogP contribution in [-0.2, 0) is 0 Å². The van der Waals surface area contributed by atoms with Gasteiger partial charge in [-0.05, 0) is 62.2 Å². The van der Waals surface area contributed by atoms with E-state index in [0.717, 1.165) is 0 Å². The molecule has 110 valence electrons. The molecule has 0 aliphatic rings. The summed E-state index contributed by atoms with van der Waals surface area (Å²) in [5.41, 5.74) is 7.33. The van der Waals surface area contributed by atoms with E-state index in [4.69, 9.17) is 28.9 Å². The summed E-state index contributed by atoms with van der Waals surface area (Å²) in [6, 6.07) is 7.73. The van der Waals surface area contributed by atoms with E-state index in [1.54, 1.807) is 30.3 Å². The summed E-state index contributed by atoms with van der Waals surface area (Å²) in [5.74, 6) is 0. The van der Waals surface area contributed by atoms with Gasteiger partial charge in [0.05, 0.1) is 5.69 Å². The normalized spacial score (nSPS) is 10.3. The molecule has 0 unspecified atom stereocenters. The van der Waals surface area contributed by atoms with E-state index in [0.29, 0.717) is 36.1 Å². The zero-order chi connectivity index (χ0) is 15.6. The van der Waals surface area contributed by atoms with Gasteiger partial charge in [0.15, 0.2) is 0 Å². The van der Waals surface area contributed by atoms with Crippen molar-refractivity contribution in [3.05, 3.63) is 49.3 Å². The molecule has 4 nitrogen and oxygen atoms in total. The van der Waals surface area contributed by atoms with Crippen LogP contribution >= 0.6 is 55.1 Å². The Labute approximate surface area is 148 Å². The molecule has 21 heavy (non-hydrogen) atoms. The predicted octanol–water partition coefficient (Wildman–Crippen LogP) is 5.74. The highest BCUT2D eigenvalue weighted by atomic mass is 79.9. The van der Waals surface area contributed by atoms with Crippen molar-refractivity contribution in [2.45, 2.75) is 0 Å². The maximum absolute atomic E-state index is 12.0. The number of nitrogens with one attached hydrogen (secondary N) is 2. The standard InChI is InChI=1S/C13H9Br2Cl2N3O/c14-10-4-8(18)5-11(15)12(10)20-13(21)19-9-2-6(16)1-7(17)3-9/h1-5H,18H2,(H2,19,20,21). The number of rotatable bonds is 2. The summed E-state index contributed by atoms with van der Waals surface area (Å²) in [6.07, 6.45) is 0. The first kappa shape index (κ1) is 16.4. The minimum atomic E-state index is -0.431. The first-order valence-electron chi connectivity index (χ1n) is 5.64. The van der Waals surface area contributed by atoms with Crippen LogP contribution < -0.4 is 16.4 Å². The third-order valence-electron chi connectivity index (χ3n) is 2.42. The SMILES string of the molecule is Nc1cc(Br)c(NC(=O)Nc2cc(Cl)cc(Cl)c2)c(Br)c1. The molecular weight excluding hydrogens is 445 g/mol. The lowest BCUT2D eigenvalue weighted by molar-refractivity contribution is 0.262. The Balaban J connectivity index is 2.15. The zero-order valence-corrected chi connectivity index (χ0v) is 15.1. The minimum Gasteiger partial charge on any atom is -0.399 e. The molecule has 8 heteroatoms. The highest BCUT2D eigenvalue weighted by Gasteiger charge is 2.11. The van der Waals surface area contributed by atoms with Gasteiger partial charge in [-0.15, -0.1) is 0 Å². The van der Waals surface area contributed by atoms with Crippen molar-refractivity contribution >= 4 is 78.2 Å². The molecular formula is C13H9Br2Cl2N3O. The summed E-state index contributed by atoms with van der Waals surface area (Å²) >= 11 is 18.4. The van der Waals surface area contributed by atoms with Crippen molar-refractivity contribution in [3.8, 4) is 0 Å². The summed E-state index contributed by atoms with van der Waals surface area (Å²) in [5, 5.41) is 6.23. The van der Waals surface area contributed by atoms with Crippen LogP contribution in [0.25, 0.3) is 0 Å². The Bertz CT molecular complexity index is 667. The summed E-state index contributed by atoms with van der Waals surface area (Å²) in [4.78, 5) is 12.0. The molecule has 0 bridgehead atoms. The van der Waals surface area contributed by atoms with Crippen molar-refractivity contribution in [3.63, 3.8) is 0 Å². The Morgan fingerprint density at radius 1 is 0.952 bits per heavy atom. The Kier molecular flexibility index (Phi) is 5.37. The van der Waals surface area contributed by atoms with Crippen molar-refractivity contribution in [1.82, 2.24) is 0 Å². The van der Waals surface area contributed by atoms with Gasteiger partial charge in [0, 0.05) is 30.4 Å². The molecule has 0 fully saturated rings. The number of amides is 2. The Morgan fingerprint density at radius 3 is 2.00 bits per heavy atom. The summed E-state index contributed by atoms with van der Waals surface area (Å²) in [7, 11) is 0. The summed E-state index contributed by atoms with van der Waals surface area (Å²) < 4.78 is 1.32. The molecule has 0 spiro atoms. The molecule has 2 aromatic carbocycles. The molecule has 0 saturated carbocycles. The second-order valence-electron chi connectivity index (χ2n) is 4.10. The fraction of sp³-hybridized carbons (Fsp3) is 0. The van der Waals surface area contributed by atoms with Crippen LogP contribution in [0.5, 0.6) is 0 Å². The molecule has 0 aliphatic heterocycles. The monoisotopic (exact) mass is 451 g/mol. The lowest BCUT2D eigenvalue weighted by atomic mass is 10.3. The third-order valence-corrected chi connectivity index (χ3v) is 4.11. The number of benzene rings is 2. The van der Waals surface area contributed by atoms with Gasteiger partial charge in [0.1, 0.15) is 0 Å². The van der Waals surface area contributed by atoms with Gasteiger partial charge < -0.3 is 16.4 Å². The van der Waals surface area contributed by atoms with Gasteiger partial charge in [0.2, 0.25) is 0 Å². The molecule has 0 radical (unpaired) electrons. The molecule has 0 atom stereocenters. The van der Waals surface area contributed by atoms with E-state index in [1.165, 1.54) is 0 Å². The topological polar surface area (TPSA) is 67.1 Å². The average molecular weight is 454 g/mol. The van der Waals surface area contributed by atoms with E-state index in [1.807, 2.05) is 0 Å². The number of halogens is 4. The second-order valence-corrected chi connectivity index (χ2v) is 6.68. The average Bonchev–Trinajstić information content (AvgIpc) is 2.32. The van der Waals surface area contributed by atoms with Crippen LogP contribution in [-0.4, -0.2) is 6.03 Å². The first-order chi connectivity index (χ1) is 9.85. The first-order valence-corrected chi connectivity index (χ1v) is 7.98. The van der Waals surface area contributed by atoms with Crippen LogP contribution in [0.1, 0.15) is 0 Å². The fourth-order valence-electron chi connectivity index (χ4n) is 1.61. The van der Waals surface area contributed by atoms with Crippen molar-refractivity contribution < 1.29 is 4.79 Å². The number of carbonyl (C=O) groups is 1. The van der Waals surface area contributed by atoms with Gasteiger partial charge in [-0.2, -0.15) is 0 Å². The maximum atomic E-state index is 12.0. The molecule has 0 heterocycles. The van der Waals surface area contributed by atoms with Gasteiger partial charge in [-0.3, -0.25) is 0 Å². The van der Waals surface area contributed by atoms with Crippen LogP contribution in [0.4, 0.5) is 21.9 Å². The van der Waals surface area contributed by atoms with Crippen LogP contribution in [0, 0.1) is 0 Å². The molecule has 2 amide bonds. The van der Waals surface area contributed by atoms with Gasteiger partial charge in [0.25, 0.3) is 0 Å². The van der Waals surface area contributed by atoms with Crippen molar-refractivity contribution in [2.75, 3.05) is 16.4 Å². The third kappa shape index (κ3) is 4.51. The summed E-state index contributed by atoms with van der Waals surface area (Å²) in [6.45, 7) is 0. The molecule has 0 saturated heterocycles.